The fourth-order valence-corrected chi connectivity index (χ4v) is 2.26. The second-order valence-electron chi connectivity index (χ2n) is 3.39. The van der Waals surface area contributed by atoms with Crippen LogP contribution in [0.2, 0.25) is 0 Å². The molecule has 1 aliphatic rings. The molecular weight excluding hydrogens is 248 g/mol. The smallest absolute Gasteiger partial charge is 0.338 e. The van der Waals surface area contributed by atoms with E-state index in [0.717, 1.165) is 12.3 Å². The molecule has 1 saturated heterocycles. The number of hydrogen-bond donors (Lipinski definition) is 1. The molecule has 0 aliphatic carbocycles. The highest BCUT2D eigenvalue weighted by molar-refractivity contribution is 8.00. The minimum atomic E-state index is -1.22. The molecule has 90 valence electrons. The Bertz CT molecular complexity index is 474. The second kappa shape index (κ2) is 4.68. The van der Waals surface area contributed by atoms with Crippen molar-refractivity contribution >= 4 is 23.4 Å². The van der Waals surface area contributed by atoms with Crippen molar-refractivity contribution < 1.29 is 19.6 Å². The van der Waals surface area contributed by atoms with Gasteiger partial charge >= 0.3 is 5.97 Å². The van der Waals surface area contributed by atoms with E-state index >= 15 is 0 Å². The normalized spacial score (nSPS) is 15.3. The number of pyridine rings is 1. The van der Waals surface area contributed by atoms with Crippen LogP contribution in [-0.2, 0) is 4.74 Å². The van der Waals surface area contributed by atoms with E-state index < -0.39 is 10.9 Å². The Morgan fingerprint density at radius 3 is 2.82 bits per heavy atom. The first kappa shape index (κ1) is 11.8. The zero-order chi connectivity index (χ0) is 12.4. The molecule has 0 bridgehead atoms. The van der Waals surface area contributed by atoms with E-state index in [1.165, 1.54) is 11.8 Å². The van der Waals surface area contributed by atoms with Gasteiger partial charge in [0.2, 0.25) is 0 Å². The SMILES string of the molecule is O=C(O)c1cc([N+](=O)[O-])cnc1SC1COC1. The molecule has 0 saturated carbocycles. The summed E-state index contributed by atoms with van der Waals surface area (Å²) in [5.41, 5.74) is -0.465. The van der Waals surface area contributed by atoms with Crippen molar-refractivity contribution in [2.24, 2.45) is 0 Å². The van der Waals surface area contributed by atoms with Gasteiger partial charge in [-0.05, 0) is 0 Å². The summed E-state index contributed by atoms with van der Waals surface area (Å²) in [4.78, 5) is 24.7. The summed E-state index contributed by atoms with van der Waals surface area (Å²) >= 11 is 1.27. The van der Waals surface area contributed by atoms with Crippen LogP contribution in [0.5, 0.6) is 0 Å². The van der Waals surface area contributed by atoms with Gasteiger partial charge in [0.15, 0.2) is 0 Å². The molecule has 0 unspecified atom stereocenters. The number of hydrogen-bond acceptors (Lipinski definition) is 6. The van der Waals surface area contributed by atoms with E-state index in [0.29, 0.717) is 13.2 Å². The van der Waals surface area contributed by atoms with Crippen molar-refractivity contribution in [2.45, 2.75) is 10.3 Å². The number of ether oxygens (including phenoxy) is 1. The van der Waals surface area contributed by atoms with Gasteiger partial charge in [-0.25, -0.2) is 9.78 Å². The molecule has 1 aromatic rings. The molecule has 1 N–H and O–H groups in total. The third kappa shape index (κ3) is 2.53. The fraction of sp³-hybridized carbons (Fsp3) is 0.333. The molecule has 1 aliphatic heterocycles. The first-order valence-electron chi connectivity index (χ1n) is 4.70. The van der Waals surface area contributed by atoms with E-state index in [4.69, 9.17) is 9.84 Å². The summed E-state index contributed by atoms with van der Waals surface area (Å²) < 4.78 is 4.97. The Hall–Kier alpha value is -1.67. The van der Waals surface area contributed by atoms with E-state index in [-0.39, 0.29) is 21.5 Å². The first-order valence-corrected chi connectivity index (χ1v) is 5.58. The molecule has 0 radical (unpaired) electrons. The lowest BCUT2D eigenvalue weighted by atomic mass is 10.3. The second-order valence-corrected chi connectivity index (χ2v) is 4.67. The van der Waals surface area contributed by atoms with E-state index in [1.54, 1.807) is 0 Å². The topological polar surface area (TPSA) is 103 Å². The quantitative estimate of drug-likeness (QED) is 0.637. The van der Waals surface area contributed by atoms with Crippen molar-refractivity contribution in [3.8, 4) is 0 Å². The number of rotatable bonds is 4. The third-order valence-electron chi connectivity index (χ3n) is 2.16. The molecule has 0 aromatic carbocycles. The lowest BCUT2D eigenvalue weighted by molar-refractivity contribution is -0.385. The summed E-state index contributed by atoms with van der Waals surface area (Å²) in [5, 5.41) is 19.9. The van der Waals surface area contributed by atoms with E-state index in [9.17, 15) is 14.9 Å². The summed E-state index contributed by atoms with van der Waals surface area (Å²) in [6.07, 6.45) is 1.06. The van der Waals surface area contributed by atoms with Crippen molar-refractivity contribution in [2.75, 3.05) is 13.2 Å². The number of aromatic carboxylic acids is 1. The Morgan fingerprint density at radius 1 is 1.65 bits per heavy atom. The number of thioether (sulfide) groups is 1. The Morgan fingerprint density at radius 2 is 2.35 bits per heavy atom. The molecule has 0 spiro atoms. The predicted octanol–water partition coefficient (Wildman–Crippen LogP) is 1.18. The maximum atomic E-state index is 11.0. The first-order chi connectivity index (χ1) is 8.08. The molecular formula is C9H8N2O5S. The van der Waals surface area contributed by atoms with Gasteiger partial charge in [-0.15, -0.1) is 0 Å². The molecule has 1 aromatic heterocycles. The summed E-state index contributed by atoms with van der Waals surface area (Å²) in [6, 6.07) is 1.02. The van der Waals surface area contributed by atoms with Crippen LogP contribution in [0.4, 0.5) is 5.69 Å². The number of carboxylic acid groups (broad SMARTS) is 1. The summed E-state index contributed by atoms with van der Waals surface area (Å²) in [7, 11) is 0. The maximum absolute atomic E-state index is 11.0. The number of aromatic nitrogens is 1. The predicted molar refractivity (Wildman–Crippen MR) is 58.3 cm³/mol. The summed E-state index contributed by atoms with van der Waals surface area (Å²) in [5.74, 6) is -1.22. The highest BCUT2D eigenvalue weighted by Gasteiger charge is 2.25. The Labute approximate surface area is 100.0 Å². The van der Waals surface area contributed by atoms with Crippen molar-refractivity contribution in [3.05, 3.63) is 27.9 Å². The molecule has 1 fully saturated rings. The molecule has 2 rings (SSSR count). The van der Waals surface area contributed by atoms with Crippen LogP contribution in [0.3, 0.4) is 0 Å². The lowest BCUT2D eigenvalue weighted by Crippen LogP contribution is -2.30. The molecule has 7 nitrogen and oxygen atoms in total. The van der Waals surface area contributed by atoms with Crippen LogP contribution in [0, 0.1) is 10.1 Å². The Balaban J connectivity index is 2.30. The lowest BCUT2D eigenvalue weighted by Gasteiger charge is -2.24. The number of carboxylic acids is 1. The minimum absolute atomic E-state index is 0.142. The number of carbonyl (C=O) groups is 1. The highest BCUT2D eigenvalue weighted by atomic mass is 32.2. The van der Waals surface area contributed by atoms with Gasteiger partial charge in [0, 0.05) is 6.07 Å². The maximum Gasteiger partial charge on any atom is 0.338 e. The Kier molecular flexibility index (Phi) is 3.25. The number of nitrogens with zero attached hydrogens (tertiary/aromatic N) is 2. The van der Waals surface area contributed by atoms with E-state index in [2.05, 4.69) is 4.98 Å². The van der Waals surface area contributed by atoms with Crippen LogP contribution < -0.4 is 0 Å². The zero-order valence-corrected chi connectivity index (χ0v) is 9.35. The van der Waals surface area contributed by atoms with Crippen LogP contribution in [0.1, 0.15) is 10.4 Å². The minimum Gasteiger partial charge on any atom is -0.478 e. The van der Waals surface area contributed by atoms with Gasteiger partial charge in [0.25, 0.3) is 5.69 Å². The summed E-state index contributed by atoms with van der Waals surface area (Å²) in [6.45, 7) is 1.09. The van der Waals surface area contributed by atoms with Gasteiger partial charge < -0.3 is 9.84 Å². The molecule has 0 atom stereocenters. The zero-order valence-electron chi connectivity index (χ0n) is 8.53. The van der Waals surface area contributed by atoms with Crippen LogP contribution in [0.15, 0.2) is 17.3 Å². The van der Waals surface area contributed by atoms with E-state index in [1.807, 2.05) is 0 Å². The van der Waals surface area contributed by atoms with Crippen molar-refractivity contribution in [1.82, 2.24) is 4.98 Å². The molecule has 2 heterocycles. The average Bonchev–Trinajstić information content (AvgIpc) is 2.23. The molecule has 0 amide bonds. The van der Waals surface area contributed by atoms with Gasteiger partial charge in [0.05, 0.1) is 29.0 Å². The van der Waals surface area contributed by atoms with Gasteiger partial charge in [0.1, 0.15) is 11.2 Å². The van der Waals surface area contributed by atoms with Crippen LogP contribution in [-0.4, -0.2) is 39.4 Å². The molecule has 17 heavy (non-hydrogen) atoms. The van der Waals surface area contributed by atoms with Crippen LogP contribution in [0.25, 0.3) is 0 Å². The number of nitro groups is 1. The largest absolute Gasteiger partial charge is 0.478 e. The monoisotopic (exact) mass is 256 g/mol. The average molecular weight is 256 g/mol. The third-order valence-corrected chi connectivity index (χ3v) is 3.32. The standard InChI is InChI=1S/C9H8N2O5S/c12-9(13)7-1-5(11(14)15)2-10-8(7)17-6-3-16-4-6/h1-2,6H,3-4H2,(H,12,13). The van der Waals surface area contributed by atoms with Gasteiger partial charge in [-0.2, -0.15) is 0 Å². The van der Waals surface area contributed by atoms with Crippen LogP contribution >= 0.6 is 11.8 Å². The van der Waals surface area contributed by atoms with Gasteiger partial charge in [-0.1, -0.05) is 11.8 Å². The van der Waals surface area contributed by atoms with Crippen molar-refractivity contribution in [1.29, 1.82) is 0 Å². The van der Waals surface area contributed by atoms with Crippen molar-refractivity contribution in [3.63, 3.8) is 0 Å². The van der Waals surface area contributed by atoms with Gasteiger partial charge in [-0.3, -0.25) is 10.1 Å². The molecule has 8 heteroatoms. The fourth-order valence-electron chi connectivity index (χ4n) is 1.23. The highest BCUT2D eigenvalue weighted by Crippen LogP contribution is 2.30.